The molecule has 0 atom stereocenters. The lowest BCUT2D eigenvalue weighted by Crippen LogP contribution is -2.59. The molecular weight excluding hydrogens is 260 g/mol. The highest BCUT2D eigenvalue weighted by atomic mass is 16.2. The van der Waals surface area contributed by atoms with Crippen molar-refractivity contribution in [3.05, 3.63) is 0 Å². The molecule has 0 aromatic heterocycles. The number of hydrogen-bond acceptors (Lipinski definition) is 4. The molecule has 1 saturated heterocycles. The minimum absolute atomic E-state index is 0.0355. The second kappa shape index (κ2) is 7.84. The zero-order valence-electron chi connectivity index (χ0n) is 12.3. The van der Waals surface area contributed by atoms with Crippen molar-refractivity contribution in [3.63, 3.8) is 0 Å². The molecule has 1 rings (SSSR count). The summed E-state index contributed by atoms with van der Waals surface area (Å²) in [6, 6.07) is 0. The molecule has 7 heteroatoms. The summed E-state index contributed by atoms with van der Waals surface area (Å²) >= 11 is 0. The molecule has 0 aromatic carbocycles. The van der Waals surface area contributed by atoms with Crippen molar-refractivity contribution >= 4 is 17.7 Å². The van der Waals surface area contributed by atoms with Crippen LogP contribution in [0.2, 0.25) is 0 Å². The Balaban J connectivity index is 2.79. The number of nitrogens with zero attached hydrogens (tertiary/aromatic N) is 3. The first-order valence-electron chi connectivity index (χ1n) is 7.06. The fraction of sp³-hybridized carbons (Fsp3) is 0.769. The molecule has 0 spiro atoms. The molecular formula is C13H24N4O3. The highest BCUT2D eigenvalue weighted by molar-refractivity contribution is 5.81. The molecule has 0 aliphatic carbocycles. The van der Waals surface area contributed by atoms with Gasteiger partial charge in [-0.05, 0) is 6.42 Å². The van der Waals surface area contributed by atoms with Gasteiger partial charge in [-0.15, -0.1) is 0 Å². The van der Waals surface area contributed by atoms with Gasteiger partial charge in [-0.2, -0.15) is 0 Å². The molecule has 0 aromatic rings. The second-order valence-electron chi connectivity index (χ2n) is 4.87. The monoisotopic (exact) mass is 284 g/mol. The molecule has 7 nitrogen and oxygen atoms in total. The van der Waals surface area contributed by atoms with Gasteiger partial charge in [0.2, 0.25) is 17.7 Å². The van der Waals surface area contributed by atoms with Crippen molar-refractivity contribution in [2.75, 3.05) is 26.6 Å². The van der Waals surface area contributed by atoms with Crippen LogP contribution in [0.15, 0.2) is 0 Å². The summed E-state index contributed by atoms with van der Waals surface area (Å²) < 4.78 is 0. The van der Waals surface area contributed by atoms with Crippen LogP contribution in [0.25, 0.3) is 0 Å². The molecule has 0 bridgehead atoms. The van der Waals surface area contributed by atoms with Crippen LogP contribution >= 0.6 is 0 Å². The Morgan fingerprint density at radius 3 is 1.70 bits per heavy atom. The molecule has 20 heavy (non-hydrogen) atoms. The fourth-order valence-electron chi connectivity index (χ4n) is 2.10. The molecule has 1 aliphatic heterocycles. The van der Waals surface area contributed by atoms with Crippen LogP contribution in [0.5, 0.6) is 0 Å². The first-order chi connectivity index (χ1) is 9.53. The predicted molar refractivity (Wildman–Crippen MR) is 74.0 cm³/mol. The van der Waals surface area contributed by atoms with E-state index in [1.54, 1.807) is 11.8 Å². The van der Waals surface area contributed by atoms with Gasteiger partial charge in [0, 0.05) is 25.8 Å². The SMILES string of the molecule is CCCC(=O)N1CN(C(=O)CC)CN(C(=O)CCN)C1. The minimum Gasteiger partial charge on any atom is -0.330 e. The first kappa shape index (κ1) is 16.4. The van der Waals surface area contributed by atoms with Gasteiger partial charge < -0.3 is 20.4 Å². The Morgan fingerprint density at radius 1 is 0.850 bits per heavy atom. The normalized spacial score (nSPS) is 15.4. The Morgan fingerprint density at radius 2 is 1.30 bits per heavy atom. The summed E-state index contributed by atoms with van der Waals surface area (Å²) in [4.78, 5) is 40.4. The molecule has 0 saturated carbocycles. The third-order valence-corrected chi connectivity index (χ3v) is 3.21. The lowest BCUT2D eigenvalue weighted by Gasteiger charge is -2.42. The third kappa shape index (κ3) is 4.19. The molecule has 114 valence electrons. The highest BCUT2D eigenvalue weighted by Gasteiger charge is 2.30. The van der Waals surface area contributed by atoms with Crippen molar-refractivity contribution in [2.24, 2.45) is 5.73 Å². The summed E-state index contributed by atoms with van der Waals surface area (Å²) in [5.41, 5.74) is 5.39. The molecule has 3 amide bonds. The van der Waals surface area contributed by atoms with E-state index >= 15 is 0 Å². The smallest absolute Gasteiger partial charge is 0.226 e. The number of carbonyl (C=O) groups is 3. The summed E-state index contributed by atoms with van der Waals surface area (Å²) in [6.45, 7) is 4.69. The summed E-state index contributed by atoms with van der Waals surface area (Å²) in [5.74, 6) is -0.230. The number of amides is 3. The van der Waals surface area contributed by atoms with Crippen LogP contribution in [-0.4, -0.2) is 59.0 Å². The number of carbonyl (C=O) groups excluding carboxylic acids is 3. The van der Waals surface area contributed by atoms with Gasteiger partial charge in [-0.3, -0.25) is 14.4 Å². The van der Waals surface area contributed by atoms with Gasteiger partial charge in [0.1, 0.15) is 0 Å². The summed E-state index contributed by atoms with van der Waals surface area (Å²) in [5, 5.41) is 0. The maximum absolute atomic E-state index is 12.0. The summed E-state index contributed by atoms with van der Waals surface area (Å²) in [7, 11) is 0. The van der Waals surface area contributed by atoms with E-state index in [0.29, 0.717) is 12.8 Å². The van der Waals surface area contributed by atoms with Gasteiger partial charge in [0.05, 0.1) is 20.0 Å². The quantitative estimate of drug-likeness (QED) is 0.765. The zero-order valence-corrected chi connectivity index (χ0v) is 12.3. The lowest BCUT2D eigenvalue weighted by atomic mass is 10.3. The van der Waals surface area contributed by atoms with Crippen LogP contribution in [0.1, 0.15) is 39.5 Å². The van der Waals surface area contributed by atoms with Crippen molar-refractivity contribution in [2.45, 2.75) is 39.5 Å². The van der Waals surface area contributed by atoms with Crippen LogP contribution in [0.3, 0.4) is 0 Å². The van der Waals surface area contributed by atoms with Crippen LogP contribution in [0, 0.1) is 0 Å². The van der Waals surface area contributed by atoms with E-state index in [0.717, 1.165) is 6.42 Å². The molecule has 2 N–H and O–H groups in total. The molecule has 1 heterocycles. The highest BCUT2D eigenvalue weighted by Crippen LogP contribution is 2.12. The van der Waals surface area contributed by atoms with E-state index in [2.05, 4.69) is 0 Å². The molecule has 1 fully saturated rings. The van der Waals surface area contributed by atoms with Crippen molar-refractivity contribution in [1.82, 2.24) is 14.7 Å². The number of rotatable bonds is 5. The van der Waals surface area contributed by atoms with Gasteiger partial charge >= 0.3 is 0 Å². The molecule has 0 radical (unpaired) electrons. The molecule has 0 unspecified atom stereocenters. The van der Waals surface area contributed by atoms with Crippen LogP contribution in [0.4, 0.5) is 0 Å². The maximum Gasteiger partial charge on any atom is 0.226 e. The van der Waals surface area contributed by atoms with Crippen molar-refractivity contribution in [3.8, 4) is 0 Å². The van der Waals surface area contributed by atoms with Gasteiger partial charge in [-0.25, -0.2) is 0 Å². The Bertz CT molecular complexity index is 347. The number of hydrogen-bond donors (Lipinski definition) is 1. The Hall–Kier alpha value is -1.63. The van der Waals surface area contributed by atoms with Crippen molar-refractivity contribution in [1.29, 1.82) is 0 Å². The number of nitrogens with two attached hydrogens (primary N) is 1. The average Bonchev–Trinajstić information content (AvgIpc) is 2.46. The lowest BCUT2D eigenvalue weighted by molar-refractivity contribution is -0.158. The topological polar surface area (TPSA) is 87.0 Å². The third-order valence-electron chi connectivity index (χ3n) is 3.21. The van der Waals surface area contributed by atoms with Crippen molar-refractivity contribution < 1.29 is 14.4 Å². The van der Waals surface area contributed by atoms with E-state index in [9.17, 15) is 14.4 Å². The minimum atomic E-state index is -0.129. The van der Waals surface area contributed by atoms with Gasteiger partial charge in [-0.1, -0.05) is 13.8 Å². The van der Waals surface area contributed by atoms with Crippen LogP contribution < -0.4 is 5.73 Å². The largest absolute Gasteiger partial charge is 0.330 e. The van der Waals surface area contributed by atoms with E-state index < -0.39 is 0 Å². The Kier molecular flexibility index (Phi) is 6.44. The predicted octanol–water partition coefficient (Wildman–Crippen LogP) is -0.0828. The van der Waals surface area contributed by atoms with Gasteiger partial charge in [0.25, 0.3) is 0 Å². The molecule has 1 aliphatic rings. The summed E-state index contributed by atoms with van der Waals surface area (Å²) in [6.07, 6.45) is 1.75. The Labute approximate surface area is 119 Å². The van der Waals surface area contributed by atoms with E-state index in [-0.39, 0.29) is 50.7 Å². The van der Waals surface area contributed by atoms with E-state index in [4.69, 9.17) is 5.73 Å². The zero-order chi connectivity index (χ0) is 15.1. The maximum atomic E-state index is 12.0. The first-order valence-corrected chi connectivity index (χ1v) is 7.06. The second-order valence-corrected chi connectivity index (χ2v) is 4.87. The van der Waals surface area contributed by atoms with E-state index in [1.807, 2.05) is 6.92 Å². The van der Waals surface area contributed by atoms with E-state index in [1.165, 1.54) is 9.80 Å². The standard InChI is InChI=1S/C13H24N4O3/c1-3-5-12(19)16-8-15(11(18)4-2)9-17(10-16)13(20)6-7-14/h3-10,14H2,1-2H3. The van der Waals surface area contributed by atoms with Gasteiger partial charge in [0.15, 0.2) is 0 Å². The average molecular weight is 284 g/mol. The van der Waals surface area contributed by atoms with Crippen LogP contribution in [-0.2, 0) is 14.4 Å². The fourth-order valence-corrected chi connectivity index (χ4v) is 2.10.